The molecule has 5 rings (SSSR count). The van der Waals surface area contributed by atoms with Crippen LogP contribution in [0.3, 0.4) is 0 Å². The van der Waals surface area contributed by atoms with Crippen LogP contribution in [0.5, 0.6) is 0 Å². The summed E-state index contributed by atoms with van der Waals surface area (Å²) in [4.78, 5) is 35.7. The number of aromatic nitrogens is 2. The number of imidazole rings is 1. The first-order chi connectivity index (χ1) is 16.4. The minimum absolute atomic E-state index is 0.0655. The van der Waals surface area contributed by atoms with E-state index in [2.05, 4.69) is 16.0 Å². The molecule has 0 unspecified atom stereocenters. The maximum Gasteiger partial charge on any atom is 0.418 e. The molecule has 4 aromatic rings. The highest BCUT2D eigenvalue weighted by molar-refractivity contribution is 6.04. The number of nitrogens with one attached hydrogen (secondary N) is 1. The van der Waals surface area contributed by atoms with Gasteiger partial charge in [-0.1, -0.05) is 42.5 Å². The summed E-state index contributed by atoms with van der Waals surface area (Å²) in [6, 6.07) is 21.1. The Morgan fingerprint density at radius 1 is 1.12 bits per heavy atom. The highest BCUT2D eigenvalue weighted by Gasteiger charge is 2.58. The van der Waals surface area contributed by atoms with Crippen molar-refractivity contribution in [3.63, 3.8) is 0 Å². The molecular formula is C26H19FN4O3. The highest BCUT2D eigenvalue weighted by atomic mass is 19.1. The van der Waals surface area contributed by atoms with E-state index in [1.54, 1.807) is 25.1 Å². The summed E-state index contributed by atoms with van der Waals surface area (Å²) in [5, 5.41) is 9.22. The molecule has 0 bridgehead atoms. The summed E-state index contributed by atoms with van der Waals surface area (Å²) in [6.45, 7) is 1.68. The zero-order valence-corrected chi connectivity index (χ0v) is 18.2. The molecule has 0 aliphatic carbocycles. The Labute approximate surface area is 194 Å². The second-order valence-corrected chi connectivity index (χ2v) is 8.19. The van der Waals surface area contributed by atoms with Crippen LogP contribution in [0.4, 0.5) is 9.18 Å². The fourth-order valence-electron chi connectivity index (χ4n) is 4.24. The molecule has 34 heavy (non-hydrogen) atoms. The first-order valence-electron chi connectivity index (χ1n) is 10.7. The summed E-state index contributed by atoms with van der Waals surface area (Å²) < 4.78 is 19.2. The van der Waals surface area contributed by atoms with Gasteiger partial charge >= 0.3 is 6.09 Å². The van der Waals surface area contributed by atoms with Gasteiger partial charge in [0.25, 0.3) is 11.5 Å². The number of aromatic amines is 1. The number of carbonyl (C=O) groups excluding carboxylic acids is 2. The van der Waals surface area contributed by atoms with Crippen LogP contribution in [0.2, 0.25) is 0 Å². The van der Waals surface area contributed by atoms with Gasteiger partial charge in [-0.2, -0.15) is 5.26 Å². The molecule has 2 atom stereocenters. The number of amides is 2. The molecule has 3 aromatic carbocycles. The zero-order chi connectivity index (χ0) is 23.9. The van der Waals surface area contributed by atoms with E-state index in [0.29, 0.717) is 22.2 Å². The number of cyclic esters (lactones) is 1. The minimum Gasteiger partial charge on any atom is -0.424 e. The highest BCUT2D eigenvalue weighted by Crippen LogP contribution is 2.41. The number of nitriles is 1. The number of benzene rings is 3. The van der Waals surface area contributed by atoms with E-state index in [9.17, 15) is 19.2 Å². The summed E-state index contributed by atoms with van der Waals surface area (Å²) in [5.41, 5.74) is 1.16. The van der Waals surface area contributed by atoms with Crippen molar-refractivity contribution in [2.24, 2.45) is 0 Å². The van der Waals surface area contributed by atoms with Gasteiger partial charge in [0, 0.05) is 6.42 Å². The fraction of sp³-hybridized carbons (Fsp3) is 0.154. The molecule has 0 radical (unpaired) electrons. The van der Waals surface area contributed by atoms with Crippen molar-refractivity contribution >= 4 is 23.0 Å². The number of rotatable bonds is 5. The average Bonchev–Trinajstić information content (AvgIpc) is 3.38. The van der Waals surface area contributed by atoms with Gasteiger partial charge < -0.3 is 9.72 Å². The van der Waals surface area contributed by atoms with E-state index < -0.39 is 29.5 Å². The van der Waals surface area contributed by atoms with Gasteiger partial charge in [-0.15, -0.1) is 0 Å². The Morgan fingerprint density at radius 2 is 1.85 bits per heavy atom. The number of nitrogens with zero attached hydrogens (tertiary/aromatic N) is 3. The third-order valence-corrected chi connectivity index (χ3v) is 6.05. The van der Waals surface area contributed by atoms with Gasteiger partial charge in [0.1, 0.15) is 5.82 Å². The number of hydrogen-bond donors (Lipinski definition) is 1. The van der Waals surface area contributed by atoms with Crippen LogP contribution in [0.1, 0.15) is 35.5 Å². The van der Waals surface area contributed by atoms with E-state index >= 15 is 0 Å². The molecule has 1 N–H and O–H groups in total. The van der Waals surface area contributed by atoms with Crippen molar-refractivity contribution in [3.8, 4) is 6.07 Å². The van der Waals surface area contributed by atoms with E-state index in [1.165, 1.54) is 24.3 Å². The van der Waals surface area contributed by atoms with Crippen LogP contribution in [-0.4, -0.2) is 26.9 Å². The van der Waals surface area contributed by atoms with Crippen molar-refractivity contribution in [2.45, 2.75) is 25.0 Å². The first kappa shape index (κ1) is 21.3. The van der Waals surface area contributed by atoms with Gasteiger partial charge in [-0.25, -0.2) is 19.1 Å². The molecular weight excluding hydrogens is 435 g/mol. The van der Waals surface area contributed by atoms with Crippen LogP contribution in [0, 0.1) is 17.1 Å². The smallest absolute Gasteiger partial charge is 0.418 e. The fourth-order valence-corrected chi connectivity index (χ4v) is 4.24. The van der Waals surface area contributed by atoms with Gasteiger partial charge in [-0.3, -0.25) is 4.79 Å². The van der Waals surface area contributed by atoms with Crippen molar-refractivity contribution in [3.05, 3.63) is 101 Å². The van der Waals surface area contributed by atoms with E-state index in [4.69, 9.17) is 4.74 Å². The second kappa shape index (κ2) is 8.12. The number of imide groups is 1. The summed E-state index contributed by atoms with van der Waals surface area (Å²) in [6.07, 6.45) is -0.744. The van der Waals surface area contributed by atoms with Gasteiger partial charge in [-0.05, 0) is 48.4 Å². The quantitative estimate of drug-likeness (QED) is 0.469. The molecule has 2 amide bonds. The Kier molecular flexibility index (Phi) is 5.10. The van der Waals surface area contributed by atoms with Crippen molar-refractivity contribution in [1.82, 2.24) is 14.9 Å². The molecule has 168 valence electrons. The topological polar surface area (TPSA) is 99.1 Å². The average molecular weight is 454 g/mol. The lowest BCUT2D eigenvalue weighted by molar-refractivity contribution is -0.139. The van der Waals surface area contributed by atoms with E-state index in [1.807, 2.05) is 30.3 Å². The van der Waals surface area contributed by atoms with Crippen LogP contribution in [-0.2, 0) is 21.6 Å². The lowest BCUT2D eigenvalue weighted by Gasteiger charge is -2.25. The van der Waals surface area contributed by atoms with E-state index in [0.717, 1.165) is 10.5 Å². The molecule has 1 aromatic heterocycles. The molecule has 1 aliphatic heterocycles. The number of fused-ring (bicyclic) bond motifs is 1. The number of carbonyl (C=O) groups is 2. The number of ether oxygens (including phenoxy) is 1. The SMILES string of the molecule is C[C@H](c1ccc(F)cc1)N1C(=O)O[C@](Cc2ccccc2)(c2nc3ccc(C#N)cc3[nH]2)C1=O. The number of H-pyrrole nitrogens is 1. The van der Waals surface area contributed by atoms with Crippen molar-refractivity contribution < 1.29 is 18.7 Å². The van der Waals surface area contributed by atoms with Crippen LogP contribution < -0.4 is 0 Å². The number of hydrogen-bond acceptors (Lipinski definition) is 5. The third kappa shape index (κ3) is 3.48. The summed E-state index contributed by atoms with van der Waals surface area (Å²) >= 11 is 0. The van der Waals surface area contributed by atoms with Crippen LogP contribution >= 0.6 is 0 Å². The molecule has 0 saturated carbocycles. The minimum atomic E-state index is -1.72. The normalized spacial score (nSPS) is 18.7. The Balaban J connectivity index is 1.62. The molecule has 7 nitrogen and oxygen atoms in total. The van der Waals surface area contributed by atoms with Crippen LogP contribution in [0.25, 0.3) is 11.0 Å². The predicted octanol–water partition coefficient (Wildman–Crippen LogP) is 4.75. The van der Waals surface area contributed by atoms with E-state index in [-0.39, 0.29) is 12.2 Å². The van der Waals surface area contributed by atoms with Gasteiger partial charge in [0.2, 0.25) is 0 Å². The molecule has 2 heterocycles. The first-order valence-corrected chi connectivity index (χ1v) is 10.7. The Bertz CT molecular complexity index is 1440. The third-order valence-electron chi connectivity index (χ3n) is 6.05. The molecule has 1 aliphatic rings. The molecule has 8 heteroatoms. The maximum absolute atomic E-state index is 13.9. The van der Waals surface area contributed by atoms with Gasteiger partial charge in [0.15, 0.2) is 5.82 Å². The molecule has 1 saturated heterocycles. The van der Waals surface area contributed by atoms with Crippen molar-refractivity contribution in [1.29, 1.82) is 5.26 Å². The second-order valence-electron chi connectivity index (χ2n) is 8.19. The standard InChI is InChI=1S/C26H19FN4O3/c1-16(19-8-10-20(27)11-9-19)31-24(32)26(34-25(31)33,14-17-5-3-2-4-6-17)23-29-21-12-7-18(15-28)13-22(21)30-23/h2-13,16H,14H2,1H3,(H,29,30)/t16-,26-/m1/s1. The van der Waals surface area contributed by atoms with Crippen LogP contribution in [0.15, 0.2) is 72.8 Å². The lowest BCUT2D eigenvalue weighted by atomic mass is 9.92. The lowest BCUT2D eigenvalue weighted by Crippen LogP contribution is -2.42. The summed E-state index contributed by atoms with van der Waals surface area (Å²) in [7, 11) is 0. The molecule has 0 spiro atoms. The largest absolute Gasteiger partial charge is 0.424 e. The maximum atomic E-state index is 13.9. The Hall–Kier alpha value is -4.51. The predicted molar refractivity (Wildman–Crippen MR) is 121 cm³/mol. The summed E-state index contributed by atoms with van der Waals surface area (Å²) in [5.74, 6) is -0.810. The van der Waals surface area contributed by atoms with Crippen molar-refractivity contribution in [2.75, 3.05) is 0 Å². The molecule has 1 fully saturated rings. The van der Waals surface area contributed by atoms with Gasteiger partial charge in [0.05, 0.1) is 28.7 Å². The Morgan fingerprint density at radius 3 is 2.56 bits per heavy atom. The zero-order valence-electron chi connectivity index (χ0n) is 18.2. The number of halogens is 1. The monoisotopic (exact) mass is 454 g/mol.